The number of amides is 3. The maximum absolute atomic E-state index is 12.6. The second kappa shape index (κ2) is 8.49. The molecule has 10 heteroatoms. The zero-order valence-electron chi connectivity index (χ0n) is 17.6. The average Bonchev–Trinajstić information content (AvgIpc) is 3.40. The normalized spacial score (nSPS) is 12.8. The molecule has 5 rings (SSSR count). The smallest absolute Gasteiger partial charge is 0.282 e. The number of anilines is 1. The summed E-state index contributed by atoms with van der Waals surface area (Å²) in [6.07, 6.45) is -0.163. The second-order valence-electron chi connectivity index (χ2n) is 7.62. The molecule has 3 amide bonds. The number of nitrogens with zero attached hydrogens (tertiary/aromatic N) is 3. The Labute approximate surface area is 196 Å². The number of imide groups is 1. The van der Waals surface area contributed by atoms with Crippen molar-refractivity contribution in [1.82, 2.24) is 9.88 Å². The summed E-state index contributed by atoms with van der Waals surface area (Å²) in [6, 6.07) is 17.9. The average molecular weight is 472 g/mol. The number of thiazole rings is 1. The predicted molar refractivity (Wildman–Crippen MR) is 127 cm³/mol. The van der Waals surface area contributed by atoms with Crippen LogP contribution in [0.1, 0.15) is 27.1 Å². The summed E-state index contributed by atoms with van der Waals surface area (Å²) >= 11 is 1.27. The van der Waals surface area contributed by atoms with E-state index in [1.165, 1.54) is 29.5 Å². The van der Waals surface area contributed by atoms with E-state index >= 15 is 0 Å². The standard InChI is InChI=1S/C24H16N4O5S/c29-20(10-11-27-22(30)17-6-3-7-19(28(32)33)21(17)23(27)31)26-24-25-18(13-34-24)16-9-8-14-4-1-2-5-15(14)12-16/h1-9,12-13H,10-11H2,(H,25,26,29). The van der Waals surface area contributed by atoms with Crippen LogP contribution in [0, 0.1) is 10.1 Å². The molecule has 0 saturated carbocycles. The van der Waals surface area contributed by atoms with E-state index < -0.39 is 28.3 Å². The van der Waals surface area contributed by atoms with E-state index in [0.29, 0.717) is 5.13 Å². The third kappa shape index (κ3) is 3.80. The molecule has 1 aliphatic heterocycles. The van der Waals surface area contributed by atoms with Gasteiger partial charge in [0.2, 0.25) is 5.91 Å². The first-order valence-corrected chi connectivity index (χ1v) is 11.2. The summed E-state index contributed by atoms with van der Waals surface area (Å²) in [5.41, 5.74) is 0.950. The number of carbonyl (C=O) groups excluding carboxylic acids is 3. The number of hydrogen-bond acceptors (Lipinski definition) is 7. The number of nitrogens with one attached hydrogen (secondary N) is 1. The van der Waals surface area contributed by atoms with Crippen LogP contribution in [0.25, 0.3) is 22.0 Å². The first-order valence-electron chi connectivity index (χ1n) is 10.3. The maximum Gasteiger partial charge on any atom is 0.282 e. The zero-order chi connectivity index (χ0) is 23.8. The Balaban J connectivity index is 1.24. The minimum Gasteiger partial charge on any atom is -0.302 e. The number of hydrogen-bond donors (Lipinski definition) is 1. The summed E-state index contributed by atoms with van der Waals surface area (Å²) in [7, 11) is 0. The van der Waals surface area contributed by atoms with Crippen LogP contribution in [-0.4, -0.2) is 39.1 Å². The Hall–Kier alpha value is -4.44. The molecule has 0 aliphatic carbocycles. The highest BCUT2D eigenvalue weighted by Gasteiger charge is 2.40. The molecule has 0 saturated heterocycles. The van der Waals surface area contributed by atoms with E-state index in [1.54, 1.807) is 0 Å². The fourth-order valence-corrected chi connectivity index (χ4v) is 4.61. The van der Waals surface area contributed by atoms with Gasteiger partial charge in [-0.2, -0.15) is 0 Å². The summed E-state index contributed by atoms with van der Waals surface area (Å²) in [5, 5.41) is 18.3. The highest BCUT2D eigenvalue weighted by Crippen LogP contribution is 2.31. The lowest BCUT2D eigenvalue weighted by molar-refractivity contribution is -0.385. The fraction of sp³-hybridized carbons (Fsp3) is 0.0833. The minimum atomic E-state index is -0.770. The third-order valence-electron chi connectivity index (χ3n) is 5.53. The van der Waals surface area contributed by atoms with Gasteiger partial charge in [0.05, 0.1) is 16.2 Å². The van der Waals surface area contributed by atoms with Crippen molar-refractivity contribution in [1.29, 1.82) is 0 Å². The minimum absolute atomic E-state index is 0.0282. The van der Waals surface area contributed by atoms with Crippen LogP contribution in [0.3, 0.4) is 0 Å². The van der Waals surface area contributed by atoms with Crippen LogP contribution in [-0.2, 0) is 4.79 Å². The van der Waals surface area contributed by atoms with Gasteiger partial charge in [0.15, 0.2) is 5.13 Å². The summed E-state index contributed by atoms with van der Waals surface area (Å²) in [5.74, 6) is -1.84. The summed E-state index contributed by atoms with van der Waals surface area (Å²) < 4.78 is 0. The molecule has 34 heavy (non-hydrogen) atoms. The molecule has 1 aliphatic rings. The van der Waals surface area contributed by atoms with Crippen molar-refractivity contribution in [3.8, 4) is 11.3 Å². The first kappa shape index (κ1) is 21.4. The maximum atomic E-state index is 12.6. The lowest BCUT2D eigenvalue weighted by atomic mass is 10.1. The number of benzene rings is 3. The molecule has 3 aromatic carbocycles. The number of nitro groups is 1. The van der Waals surface area contributed by atoms with Gasteiger partial charge in [-0.3, -0.25) is 29.4 Å². The molecule has 2 heterocycles. The monoisotopic (exact) mass is 472 g/mol. The molecule has 0 fully saturated rings. The van der Waals surface area contributed by atoms with Gasteiger partial charge in [-0.05, 0) is 22.9 Å². The molecule has 0 unspecified atom stereocenters. The largest absolute Gasteiger partial charge is 0.302 e. The van der Waals surface area contributed by atoms with Gasteiger partial charge in [-0.15, -0.1) is 11.3 Å². The number of aromatic nitrogens is 1. The van der Waals surface area contributed by atoms with Crippen LogP contribution in [0.5, 0.6) is 0 Å². The van der Waals surface area contributed by atoms with Gasteiger partial charge in [-0.25, -0.2) is 4.98 Å². The van der Waals surface area contributed by atoms with Crippen molar-refractivity contribution in [2.45, 2.75) is 6.42 Å². The molecular formula is C24H16N4O5S. The van der Waals surface area contributed by atoms with Crippen molar-refractivity contribution in [3.63, 3.8) is 0 Å². The van der Waals surface area contributed by atoms with Gasteiger partial charge >= 0.3 is 0 Å². The Morgan fingerprint density at radius 2 is 1.82 bits per heavy atom. The van der Waals surface area contributed by atoms with E-state index in [2.05, 4.69) is 10.3 Å². The van der Waals surface area contributed by atoms with Crippen LogP contribution in [0.2, 0.25) is 0 Å². The van der Waals surface area contributed by atoms with Gasteiger partial charge in [0.1, 0.15) is 5.56 Å². The van der Waals surface area contributed by atoms with Crippen molar-refractivity contribution in [2.75, 3.05) is 11.9 Å². The van der Waals surface area contributed by atoms with Gasteiger partial charge < -0.3 is 5.32 Å². The molecule has 0 atom stereocenters. The molecular weight excluding hydrogens is 456 g/mol. The first-order chi connectivity index (χ1) is 16.4. The van der Waals surface area contributed by atoms with Gasteiger partial charge in [-0.1, -0.05) is 42.5 Å². The summed E-state index contributed by atoms with van der Waals surface area (Å²) in [4.78, 5) is 53.4. The highest BCUT2D eigenvalue weighted by molar-refractivity contribution is 7.14. The van der Waals surface area contributed by atoms with Crippen LogP contribution in [0.4, 0.5) is 10.8 Å². The fourth-order valence-electron chi connectivity index (χ4n) is 3.88. The molecule has 1 N–H and O–H groups in total. The molecule has 1 aromatic heterocycles. The SMILES string of the molecule is O=C(CCN1C(=O)c2cccc([N+](=O)[O-])c2C1=O)Nc1nc(-c2ccc3ccccc3c2)cs1. The molecule has 0 spiro atoms. The second-order valence-corrected chi connectivity index (χ2v) is 8.47. The predicted octanol–water partition coefficient (Wildman–Crippen LogP) is 4.50. The van der Waals surface area contributed by atoms with Crippen molar-refractivity contribution in [2.24, 2.45) is 0 Å². The number of nitro benzene ring substituents is 1. The third-order valence-corrected chi connectivity index (χ3v) is 6.29. The Bertz CT molecular complexity index is 1500. The Kier molecular flexibility index (Phi) is 5.34. The number of carbonyl (C=O) groups is 3. The van der Waals surface area contributed by atoms with Gasteiger partial charge in [0, 0.05) is 30.0 Å². The summed E-state index contributed by atoms with van der Waals surface area (Å²) in [6.45, 7) is -0.196. The van der Waals surface area contributed by atoms with E-state index in [0.717, 1.165) is 26.9 Å². The molecule has 4 aromatic rings. The topological polar surface area (TPSA) is 123 Å². The Morgan fingerprint density at radius 3 is 2.62 bits per heavy atom. The van der Waals surface area contributed by atoms with Crippen LogP contribution < -0.4 is 5.32 Å². The van der Waals surface area contributed by atoms with E-state index in [1.807, 2.05) is 47.8 Å². The van der Waals surface area contributed by atoms with Crippen molar-refractivity contribution < 1.29 is 19.3 Å². The Morgan fingerprint density at radius 1 is 1.03 bits per heavy atom. The lowest BCUT2D eigenvalue weighted by Crippen LogP contribution is -2.33. The number of fused-ring (bicyclic) bond motifs is 2. The van der Waals surface area contributed by atoms with E-state index in [9.17, 15) is 24.5 Å². The zero-order valence-corrected chi connectivity index (χ0v) is 18.4. The van der Waals surface area contributed by atoms with Crippen molar-refractivity contribution >= 4 is 50.6 Å². The quantitative estimate of drug-likeness (QED) is 0.250. The molecule has 0 radical (unpaired) electrons. The van der Waals surface area contributed by atoms with E-state index in [-0.39, 0.29) is 24.1 Å². The molecule has 9 nitrogen and oxygen atoms in total. The van der Waals surface area contributed by atoms with Crippen LogP contribution >= 0.6 is 11.3 Å². The molecule has 168 valence electrons. The lowest BCUT2D eigenvalue weighted by Gasteiger charge is -2.12. The van der Waals surface area contributed by atoms with Crippen LogP contribution in [0.15, 0.2) is 66.0 Å². The molecule has 0 bridgehead atoms. The van der Waals surface area contributed by atoms with E-state index in [4.69, 9.17) is 0 Å². The number of rotatable bonds is 6. The highest BCUT2D eigenvalue weighted by atomic mass is 32.1. The van der Waals surface area contributed by atoms with Crippen molar-refractivity contribution in [3.05, 3.63) is 87.3 Å². The van der Waals surface area contributed by atoms with Gasteiger partial charge in [0.25, 0.3) is 17.5 Å².